The molecule has 0 unspecified atom stereocenters. The highest BCUT2D eigenvalue weighted by atomic mass is 35.5. The molecule has 28 heavy (non-hydrogen) atoms. The molecule has 1 heterocycles. The predicted molar refractivity (Wildman–Crippen MR) is 113 cm³/mol. The Morgan fingerprint density at radius 2 is 1.50 bits per heavy atom. The Hall–Kier alpha value is -2.82. The van der Waals surface area contributed by atoms with Gasteiger partial charge in [-0.3, -0.25) is 10.5 Å². The number of hydrogen-bond donors (Lipinski definition) is 1. The van der Waals surface area contributed by atoms with Crippen LogP contribution in [0.15, 0.2) is 72.8 Å². The van der Waals surface area contributed by atoms with Crippen LogP contribution in [0.4, 0.5) is 5.95 Å². The number of carbonyl (C=O) groups is 1. The van der Waals surface area contributed by atoms with Gasteiger partial charge in [0.05, 0.1) is 6.54 Å². The van der Waals surface area contributed by atoms with Gasteiger partial charge in [-0.05, 0) is 54.1 Å². The van der Waals surface area contributed by atoms with E-state index in [1.807, 2.05) is 57.7 Å². The van der Waals surface area contributed by atoms with E-state index in [2.05, 4.69) is 0 Å². The summed E-state index contributed by atoms with van der Waals surface area (Å²) in [6, 6.07) is 22.4. The number of aromatic nitrogens is 2. The van der Waals surface area contributed by atoms with Gasteiger partial charge in [-0.2, -0.15) is 0 Å². The number of nitrogens with two attached hydrogens (primary N) is 1. The molecule has 0 aliphatic heterocycles. The number of ketones is 1. The summed E-state index contributed by atoms with van der Waals surface area (Å²) >= 11 is 11.9. The number of nitrogens with zero attached hydrogens (tertiary/aromatic N) is 2. The number of imidazole rings is 1. The number of rotatable bonds is 5. The van der Waals surface area contributed by atoms with E-state index in [-0.39, 0.29) is 12.3 Å². The van der Waals surface area contributed by atoms with E-state index in [1.54, 1.807) is 24.3 Å². The molecule has 0 spiro atoms. The summed E-state index contributed by atoms with van der Waals surface area (Å²) in [5.74, 6) is 0.501. The highest BCUT2D eigenvalue weighted by Gasteiger charge is 2.23. The Morgan fingerprint density at radius 1 is 0.893 bits per heavy atom. The number of anilines is 1. The van der Waals surface area contributed by atoms with Gasteiger partial charge in [-0.1, -0.05) is 47.5 Å². The summed E-state index contributed by atoms with van der Waals surface area (Å²) in [5.41, 5.74) is 10.0. The van der Waals surface area contributed by atoms with Gasteiger partial charge >= 0.3 is 5.95 Å². The minimum absolute atomic E-state index is 0.0252. The number of hydrogen-bond acceptors (Lipinski definition) is 2. The second kappa shape index (κ2) is 7.66. The molecule has 0 aliphatic rings. The van der Waals surface area contributed by atoms with Crippen LogP contribution in [0.1, 0.15) is 15.9 Å². The quantitative estimate of drug-likeness (QED) is 0.381. The molecule has 6 heteroatoms. The Morgan fingerprint density at radius 3 is 2.18 bits per heavy atom. The van der Waals surface area contributed by atoms with Crippen LogP contribution in [0.5, 0.6) is 0 Å². The average molecular weight is 411 g/mol. The second-order valence-electron chi connectivity index (χ2n) is 6.58. The zero-order valence-electron chi connectivity index (χ0n) is 15.0. The number of Topliss-reactive ketones (excluding diaryl/α,β-unsaturated/α-hetero) is 1. The fraction of sp³-hybridized carbons (Fsp3) is 0.0909. The molecule has 0 amide bonds. The fourth-order valence-electron chi connectivity index (χ4n) is 3.29. The molecule has 4 aromatic rings. The van der Waals surface area contributed by atoms with Crippen LogP contribution < -0.4 is 10.3 Å². The number of para-hydroxylation sites is 2. The van der Waals surface area contributed by atoms with E-state index in [4.69, 9.17) is 28.9 Å². The zero-order valence-corrected chi connectivity index (χ0v) is 16.5. The molecule has 0 atom stereocenters. The number of fused-ring (bicyclic) bond motifs is 1. The van der Waals surface area contributed by atoms with Gasteiger partial charge in [-0.15, -0.1) is 0 Å². The van der Waals surface area contributed by atoms with Crippen LogP contribution in [0.25, 0.3) is 11.0 Å². The van der Waals surface area contributed by atoms with E-state index in [0.29, 0.717) is 28.1 Å². The zero-order chi connectivity index (χ0) is 19.7. The first kappa shape index (κ1) is 18.5. The average Bonchev–Trinajstić information content (AvgIpc) is 2.96. The molecular weight excluding hydrogens is 393 g/mol. The lowest BCUT2D eigenvalue weighted by molar-refractivity contribution is -0.648. The number of nitrogen functional groups attached to an aromatic ring is 1. The van der Waals surface area contributed by atoms with Crippen molar-refractivity contribution in [1.82, 2.24) is 4.57 Å². The first-order valence-corrected chi connectivity index (χ1v) is 9.58. The van der Waals surface area contributed by atoms with Crippen molar-refractivity contribution in [2.75, 3.05) is 5.73 Å². The minimum Gasteiger partial charge on any atom is -0.291 e. The maximum atomic E-state index is 12.8. The largest absolute Gasteiger partial charge is 0.356 e. The van der Waals surface area contributed by atoms with Crippen LogP contribution in [-0.2, 0) is 13.1 Å². The van der Waals surface area contributed by atoms with Crippen LogP contribution in [0.3, 0.4) is 0 Å². The Labute approximate surface area is 172 Å². The maximum Gasteiger partial charge on any atom is 0.356 e. The molecule has 3 aromatic carbocycles. The van der Waals surface area contributed by atoms with Crippen LogP contribution in [0, 0.1) is 0 Å². The molecule has 4 nitrogen and oxygen atoms in total. The van der Waals surface area contributed by atoms with E-state index < -0.39 is 0 Å². The molecule has 0 radical (unpaired) electrons. The lowest BCUT2D eigenvalue weighted by atomic mass is 10.1. The van der Waals surface area contributed by atoms with E-state index in [1.165, 1.54) is 0 Å². The normalized spacial score (nSPS) is 11.1. The van der Waals surface area contributed by atoms with Crippen molar-refractivity contribution in [2.45, 2.75) is 13.1 Å². The number of carbonyl (C=O) groups excluding carboxylic acids is 1. The van der Waals surface area contributed by atoms with Crippen LogP contribution in [-0.4, -0.2) is 10.4 Å². The highest BCUT2D eigenvalue weighted by Crippen LogP contribution is 2.19. The summed E-state index contributed by atoms with van der Waals surface area (Å²) in [5, 5.41) is 1.29. The third-order valence-electron chi connectivity index (χ3n) is 4.74. The Bertz CT molecular complexity index is 1150. The van der Waals surface area contributed by atoms with E-state index in [9.17, 15) is 4.79 Å². The Balaban J connectivity index is 1.72. The van der Waals surface area contributed by atoms with Crippen LogP contribution in [0.2, 0.25) is 10.0 Å². The van der Waals surface area contributed by atoms with Gasteiger partial charge in [-0.25, -0.2) is 9.13 Å². The van der Waals surface area contributed by atoms with Crippen molar-refractivity contribution in [3.8, 4) is 0 Å². The van der Waals surface area contributed by atoms with Gasteiger partial charge in [0.1, 0.15) is 17.6 Å². The smallest absolute Gasteiger partial charge is 0.291 e. The van der Waals surface area contributed by atoms with Gasteiger partial charge in [0, 0.05) is 15.6 Å². The SMILES string of the molecule is Nc1n(CC(=O)c2ccc(Cl)cc2)c2ccccc2[n+]1Cc1ccc(Cl)cc1. The van der Waals surface area contributed by atoms with Gasteiger partial charge in [0.25, 0.3) is 0 Å². The third-order valence-corrected chi connectivity index (χ3v) is 5.24. The van der Waals surface area contributed by atoms with Crippen LogP contribution >= 0.6 is 23.2 Å². The predicted octanol–water partition coefficient (Wildman–Crippen LogP) is 4.75. The molecule has 0 aliphatic carbocycles. The topological polar surface area (TPSA) is 51.9 Å². The van der Waals surface area contributed by atoms with Crippen molar-refractivity contribution in [1.29, 1.82) is 0 Å². The number of halogens is 2. The molecule has 0 saturated carbocycles. The first-order chi connectivity index (χ1) is 13.5. The second-order valence-corrected chi connectivity index (χ2v) is 7.45. The van der Waals surface area contributed by atoms with Gasteiger partial charge < -0.3 is 0 Å². The standard InChI is InChI=1S/C22H17Cl2N3O/c23-17-9-5-15(6-10-17)13-26-19-3-1-2-4-20(19)27(22(26)25)14-21(28)16-7-11-18(24)12-8-16/h1-12,25H,13-14H2/p+1. The number of benzene rings is 3. The van der Waals surface area contributed by atoms with Crippen molar-refractivity contribution in [3.05, 3.63) is 94.0 Å². The van der Waals surface area contributed by atoms with Crippen molar-refractivity contribution < 1.29 is 9.36 Å². The summed E-state index contributed by atoms with van der Waals surface area (Å²) in [4.78, 5) is 12.8. The molecular formula is C22H18Cl2N3O+. The summed E-state index contributed by atoms with van der Waals surface area (Å²) in [6.45, 7) is 0.743. The highest BCUT2D eigenvalue weighted by molar-refractivity contribution is 6.30. The first-order valence-electron chi connectivity index (χ1n) is 8.82. The lowest BCUT2D eigenvalue weighted by Gasteiger charge is -2.04. The Kier molecular flexibility index (Phi) is 5.07. The summed E-state index contributed by atoms with van der Waals surface area (Å²) in [6.07, 6.45) is 0. The van der Waals surface area contributed by atoms with Gasteiger partial charge in [0.15, 0.2) is 5.78 Å². The molecule has 2 N–H and O–H groups in total. The lowest BCUT2D eigenvalue weighted by Crippen LogP contribution is -2.37. The third kappa shape index (κ3) is 3.61. The molecule has 1 aromatic heterocycles. The molecule has 0 saturated heterocycles. The summed E-state index contributed by atoms with van der Waals surface area (Å²) < 4.78 is 3.86. The van der Waals surface area contributed by atoms with Crippen molar-refractivity contribution in [3.63, 3.8) is 0 Å². The monoisotopic (exact) mass is 410 g/mol. The maximum absolute atomic E-state index is 12.8. The molecule has 140 valence electrons. The summed E-state index contributed by atoms with van der Waals surface area (Å²) in [7, 11) is 0. The molecule has 4 rings (SSSR count). The molecule has 0 bridgehead atoms. The molecule has 0 fully saturated rings. The minimum atomic E-state index is -0.0252. The van der Waals surface area contributed by atoms with Crippen molar-refractivity contribution in [2.24, 2.45) is 0 Å². The van der Waals surface area contributed by atoms with E-state index in [0.717, 1.165) is 16.6 Å². The fourth-order valence-corrected chi connectivity index (χ4v) is 3.54. The van der Waals surface area contributed by atoms with Gasteiger partial charge in [0.2, 0.25) is 0 Å². The van der Waals surface area contributed by atoms with Crippen molar-refractivity contribution >= 4 is 46.0 Å². The van der Waals surface area contributed by atoms with E-state index >= 15 is 0 Å².